The van der Waals surface area contributed by atoms with Gasteiger partial charge < -0.3 is 19.5 Å². The summed E-state index contributed by atoms with van der Waals surface area (Å²) in [5.74, 6) is 0.973. The molecule has 1 aromatic rings. The van der Waals surface area contributed by atoms with Crippen molar-refractivity contribution in [3.05, 3.63) is 12.4 Å². The van der Waals surface area contributed by atoms with Crippen LogP contribution in [-0.4, -0.2) is 54.8 Å². The monoisotopic (exact) mass is 268 g/mol. The lowest BCUT2D eigenvalue weighted by Crippen LogP contribution is -2.15. The van der Waals surface area contributed by atoms with Gasteiger partial charge in [-0.05, 0) is 46.8 Å². The van der Waals surface area contributed by atoms with Gasteiger partial charge in [0.2, 0.25) is 5.95 Å². The summed E-state index contributed by atoms with van der Waals surface area (Å²) in [6.07, 6.45) is 7.28. The minimum absolute atomic E-state index is 0.793. The maximum Gasteiger partial charge on any atom is 0.202 e. The van der Waals surface area contributed by atoms with Gasteiger partial charge in [0.1, 0.15) is 0 Å². The molecule has 0 spiro atoms. The molecule has 19 heavy (non-hydrogen) atoms. The summed E-state index contributed by atoms with van der Waals surface area (Å²) in [5, 5.41) is 3.40. The first-order valence-corrected chi connectivity index (χ1v) is 7.21. The summed E-state index contributed by atoms with van der Waals surface area (Å²) in [5.41, 5.74) is 0. The molecule has 0 aliphatic rings. The molecule has 1 rings (SSSR count). The third-order valence-corrected chi connectivity index (χ3v) is 2.92. The van der Waals surface area contributed by atoms with Crippen LogP contribution in [0.5, 0.6) is 0 Å². The third kappa shape index (κ3) is 7.18. The van der Waals surface area contributed by atoms with E-state index in [9.17, 15) is 0 Å². The van der Waals surface area contributed by atoms with Gasteiger partial charge in [-0.15, -0.1) is 0 Å². The van der Waals surface area contributed by atoms with Crippen molar-refractivity contribution >= 4 is 5.95 Å². The second kappa shape index (κ2) is 9.81. The first-order chi connectivity index (χ1) is 9.24. The zero-order valence-electron chi connectivity index (χ0n) is 12.6. The predicted octanol–water partition coefficient (Wildman–Crippen LogP) is 2.06. The largest absolute Gasteiger partial charge is 0.382 e. The highest BCUT2D eigenvalue weighted by Crippen LogP contribution is 2.06. The molecular weight excluding hydrogens is 240 g/mol. The number of nitrogens with one attached hydrogen (secondary N) is 1. The molecule has 0 aliphatic heterocycles. The number of unbranched alkanes of at least 4 members (excludes halogenated alkanes) is 1. The van der Waals surface area contributed by atoms with Gasteiger partial charge in [0.25, 0.3) is 0 Å². The number of hydrogen-bond acceptors (Lipinski definition) is 4. The van der Waals surface area contributed by atoms with Crippen LogP contribution in [0.2, 0.25) is 0 Å². The Morgan fingerprint density at radius 2 is 2.16 bits per heavy atom. The molecule has 1 N–H and O–H groups in total. The van der Waals surface area contributed by atoms with E-state index >= 15 is 0 Å². The van der Waals surface area contributed by atoms with Crippen molar-refractivity contribution in [2.75, 3.05) is 45.7 Å². The summed E-state index contributed by atoms with van der Waals surface area (Å²) in [6.45, 7) is 6.72. The van der Waals surface area contributed by atoms with Crippen molar-refractivity contribution in [2.45, 2.75) is 32.7 Å². The Hall–Kier alpha value is -1.07. The Kier molecular flexibility index (Phi) is 8.25. The molecule has 0 bridgehead atoms. The summed E-state index contributed by atoms with van der Waals surface area (Å²) in [6, 6.07) is 0. The van der Waals surface area contributed by atoms with Crippen molar-refractivity contribution in [1.29, 1.82) is 0 Å². The number of aromatic nitrogens is 2. The number of ether oxygens (including phenoxy) is 1. The lowest BCUT2D eigenvalue weighted by atomic mass is 10.3. The van der Waals surface area contributed by atoms with Crippen LogP contribution in [0.4, 0.5) is 5.95 Å². The molecule has 0 radical (unpaired) electrons. The van der Waals surface area contributed by atoms with Crippen LogP contribution in [0.25, 0.3) is 0 Å². The standard InChI is InChI=1S/C14H28N4O/c1-4-19-13-7-11-18-12-9-16-14(18)15-8-5-6-10-17(2)3/h9,12H,4-8,10-11,13H2,1-3H3,(H,15,16). The van der Waals surface area contributed by atoms with Crippen molar-refractivity contribution in [1.82, 2.24) is 14.5 Å². The normalized spacial score (nSPS) is 11.2. The lowest BCUT2D eigenvalue weighted by Gasteiger charge is -2.11. The van der Waals surface area contributed by atoms with Crippen LogP contribution in [0.15, 0.2) is 12.4 Å². The second-order valence-electron chi connectivity index (χ2n) is 4.93. The van der Waals surface area contributed by atoms with Gasteiger partial charge in [-0.3, -0.25) is 0 Å². The van der Waals surface area contributed by atoms with Gasteiger partial charge >= 0.3 is 0 Å². The molecule has 5 heteroatoms. The van der Waals surface area contributed by atoms with Crippen molar-refractivity contribution in [2.24, 2.45) is 0 Å². The molecule has 0 saturated carbocycles. The Morgan fingerprint density at radius 3 is 2.89 bits per heavy atom. The van der Waals surface area contributed by atoms with Crippen molar-refractivity contribution in [3.8, 4) is 0 Å². The molecule has 0 unspecified atom stereocenters. The van der Waals surface area contributed by atoms with Gasteiger partial charge in [-0.1, -0.05) is 0 Å². The molecule has 5 nitrogen and oxygen atoms in total. The highest BCUT2D eigenvalue weighted by atomic mass is 16.5. The van der Waals surface area contributed by atoms with Crippen molar-refractivity contribution in [3.63, 3.8) is 0 Å². The van der Waals surface area contributed by atoms with E-state index in [4.69, 9.17) is 4.74 Å². The second-order valence-corrected chi connectivity index (χ2v) is 4.93. The van der Waals surface area contributed by atoms with Crippen LogP contribution in [0.3, 0.4) is 0 Å². The molecule has 110 valence electrons. The summed E-state index contributed by atoms with van der Waals surface area (Å²) in [7, 11) is 4.22. The summed E-state index contributed by atoms with van der Waals surface area (Å²) >= 11 is 0. The van der Waals surface area contributed by atoms with Crippen LogP contribution < -0.4 is 5.32 Å². The quantitative estimate of drug-likeness (QED) is 0.624. The number of hydrogen-bond donors (Lipinski definition) is 1. The number of imidazole rings is 1. The molecule has 0 aromatic carbocycles. The minimum Gasteiger partial charge on any atom is -0.382 e. The minimum atomic E-state index is 0.793. The molecule has 1 aromatic heterocycles. The van der Waals surface area contributed by atoms with E-state index in [0.717, 1.165) is 45.2 Å². The fourth-order valence-electron chi connectivity index (χ4n) is 1.89. The van der Waals surface area contributed by atoms with E-state index < -0.39 is 0 Å². The Balaban J connectivity index is 2.17. The highest BCUT2D eigenvalue weighted by Gasteiger charge is 2.01. The molecule has 0 saturated heterocycles. The van der Waals surface area contributed by atoms with Gasteiger partial charge in [0.15, 0.2) is 0 Å². The van der Waals surface area contributed by atoms with Gasteiger partial charge in [-0.2, -0.15) is 0 Å². The Bertz CT molecular complexity index is 325. The number of nitrogens with zero attached hydrogens (tertiary/aromatic N) is 3. The van der Waals surface area contributed by atoms with E-state index in [-0.39, 0.29) is 0 Å². The average molecular weight is 268 g/mol. The smallest absolute Gasteiger partial charge is 0.202 e. The van der Waals surface area contributed by atoms with E-state index in [1.807, 2.05) is 19.3 Å². The lowest BCUT2D eigenvalue weighted by molar-refractivity contribution is 0.142. The molecule has 0 fully saturated rings. The molecule has 0 amide bonds. The maximum atomic E-state index is 5.35. The summed E-state index contributed by atoms with van der Waals surface area (Å²) < 4.78 is 7.51. The fraction of sp³-hybridized carbons (Fsp3) is 0.786. The first kappa shape index (κ1) is 16.0. The number of anilines is 1. The average Bonchev–Trinajstić information content (AvgIpc) is 2.81. The highest BCUT2D eigenvalue weighted by molar-refractivity contribution is 5.25. The Labute approximate surface area is 117 Å². The van der Waals surface area contributed by atoms with Gasteiger partial charge in [0.05, 0.1) is 0 Å². The van der Waals surface area contributed by atoms with E-state index in [1.165, 1.54) is 12.8 Å². The van der Waals surface area contributed by atoms with Crippen molar-refractivity contribution < 1.29 is 4.74 Å². The van der Waals surface area contributed by atoms with Gasteiger partial charge in [-0.25, -0.2) is 4.98 Å². The topological polar surface area (TPSA) is 42.3 Å². The molecule has 0 aliphatic carbocycles. The third-order valence-electron chi connectivity index (χ3n) is 2.92. The van der Waals surface area contributed by atoms with E-state index in [1.54, 1.807) is 0 Å². The zero-order valence-corrected chi connectivity index (χ0v) is 12.6. The fourth-order valence-corrected chi connectivity index (χ4v) is 1.89. The number of rotatable bonds is 11. The van der Waals surface area contributed by atoms with E-state index in [0.29, 0.717) is 0 Å². The SMILES string of the molecule is CCOCCCn1ccnc1NCCCCN(C)C. The van der Waals surface area contributed by atoms with E-state index in [2.05, 4.69) is 33.9 Å². The van der Waals surface area contributed by atoms with Gasteiger partial charge in [0, 0.05) is 38.7 Å². The number of aryl methyl sites for hydroxylation is 1. The van der Waals surface area contributed by atoms with Crippen LogP contribution >= 0.6 is 0 Å². The maximum absolute atomic E-state index is 5.35. The zero-order chi connectivity index (χ0) is 13.9. The molecule has 0 atom stereocenters. The molecular formula is C14H28N4O. The Morgan fingerprint density at radius 1 is 1.32 bits per heavy atom. The summed E-state index contributed by atoms with van der Waals surface area (Å²) in [4.78, 5) is 6.57. The van der Waals surface area contributed by atoms with Crippen LogP contribution in [-0.2, 0) is 11.3 Å². The van der Waals surface area contributed by atoms with Crippen LogP contribution in [0.1, 0.15) is 26.2 Å². The van der Waals surface area contributed by atoms with Crippen LogP contribution in [0, 0.1) is 0 Å². The molecule has 1 heterocycles. The first-order valence-electron chi connectivity index (χ1n) is 7.21. The predicted molar refractivity (Wildman–Crippen MR) is 79.6 cm³/mol.